The molecule has 0 aliphatic carbocycles. The van der Waals surface area contributed by atoms with Crippen molar-refractivity contribution < 1.29 is 5.11 Å². The van der Waals surface area contributed by atoms with E-state index in [-0.39, 0.29) is 5.88 Å². The fourth-order valence-electron chi connectivity index (χ4n) is 0.721. The Morgan fingerprint density at radius 3 is 2.89 bits per heavy atom. The maximum Gasteiger partial charge on any atom is 0.188 e. The molecule has 0 atom stereocenters. The van der Waals surface area contributed by atoms with E-state index < -0.39 is 0 Å². The lowest BCUT2D eigenvalue weighted by molar-refractivity contribution is 0.455. The Hall–Kier alpha value is -0.960. The Bertz CT molecular complexity index is 183. The zero-order valence-corrected chi connectivity index (χ0v) is 5.31. The van der Waals surface area contributed by atoms with E-state index in [2.05, 4.69) is 10.3 Å². The van der Waals surface area contributed by atoms with Crippen LogP contribution in [0.2, 0.25) is 0 Å². The largest absolute Gasteiger partial charge is 0.495 e. The number of hydrogen-bond acceptors (Lipinski definition) is 2. The molecule has 0 aliphatic rings. The van der Waals surface area contributed by atoms with Crippen molar-refractivity contribution >= 4 is 0 Å². The Labute approximate surface area is 53.7 Å². The van der Waals surface area contributed by atoms with Gasteiger partial charge in [-0.15, -0.1) is 0 Å². The molecule has 0 unspecified atom stereocenters. The molecule has 3 nitrogen and oxygen atoms in total. The van der Waals surface area contributed by atoms with Gasteiger partial charge in [0.05, 0.1) is 0 Å². The second-order valence-electron chi connectivity index (χ2n) is 1.90. The van der Waals surface area contributed by atoms with Gasteiger partial charge in [0.25, 0.3) is 0 Å². The predicted molar refractivity (Wildman–Crippen MR) is 35.2 cm³/mol. The van der Waals surface area contributed by atoms with Crippen LogP contribution in [0.4, 0.5) is 0 Å². The highest BCUT2D eigenvalue weighted by Gasteiger charge is 1.92. The van der Waals surface area contributed by atoms with E-state index >= 15 is 0 Å². The molecule has 0 fully saturated rings. The molecule has 0 radical (unpaired) electrons. The van der Waals surface area contributed by atoms with Crippen molar-refractivity contribution in [3.63, 3.8) is 0 Å². The van der Waals surface area contributed by atoms with Crippen LogP contribution < -0.4 is 5.32 Å². The quantitative estimate of drug-likeness (QED) is 0.538. The fraction of sp³-hybridized carbons (Fsp3) is 0.333. The molecule has 1 aromatic heterocycles. The molecule has 3 N–H and O–H groups in total. The molecule has 0 spiro atoms. The topological polar surface area (TPSA) is 48.0 Å². The van der Waals surface area contributed by atoms with Crippen LogP contribution in [0.1, 0.15) is 5.69 Å². The molecule has 0 bridgehead atoms. The summed E-state index contributed by atoms with van der Waals surface area (Å²) in [6.45, 7) is 0.764. The summed E-state index contributed by atoms with van der Waals surface area (Å²) >= 11 is 0. The minimum atomic E-state index is 0.222. The van der Waals surface area contributed by atoms with Gasteiger partial charge in [0.15, 0.2) is 5.88 Å². The average molecular weight is 126 g/mol. The zero-order valence-electron chi connectivity index (χ0n) is 5.31. The Morgan fingerprint density at radius 2 is 2.44 bits per heavy atom. The molecule has 3 heteroatoms. The molecule has 0 aliphatic heterocycles. The molecule has 0 amide bonds. The van der Waals surface area contributed by atoms with Crippen molar-refractivity contribution in [1.82, 2.24) is 10.3 Å². The number of aromatic amines is 1. The van der Waals surface area contributed by atoms with Crippen LogP contribution >= 0.6 is 0 Å². The number of hydrogen-bond donors (Lipinski definition) is 3. The van der Waals surface area contributed by atoms with Crippen molar-refractivity contribution in [1.29, 1.82) is 0 Å². The monoisotopic (exact) mass is 126 g/mol. The standard InChI is InChI=1S/C6H10N2O/c1-7-4-5-2-3-6(9)8-5/h2-3,7-9H,4H2,1H3. The summed E-state index contributed by atoms with van der Waals surface area (Å²) in [5.41, 5.74) is 0.995. The smallest absolute Gasteiger partial charge is 0.188 e. The van der Waals surface area contributed by atoms with Gasteiger partial charge in [-0.2, -0.15) is 0 Å². The van der Waals surface area contributed by atoms with Crippen LogP contribution in [0, 0.1) is 0 Å². The lowest BCUT2D eigenvalue weighted by Crippen LogP contribution is -2.04. The highest BCUT2D eigenvalue weighted by atomic mass is 16.3. The summed E-state index contributed by atoms with van der Waals surface area (Å²) in [6.07, 6.45) is 0. The molecule has 9 heavy (non-hydrogen) atoms. The minimum absolute atomic E-state index is 0.222. The van der Waals surface area contributed by atoms with Gasteiger partial charge < -0.3 is 15.4 Å². The van der Waals surface area contributed by atoms with E-state index in [9.17, 15) is 0 Å². The number of H-pyrrole nitrogens is 1. The van der Waals surface area contributed by atoms with E-state index in [0.29, 0.717) is 0 Å². The first-order chi connectivity index (χ1) is 4.33. The van der Waals surface area contributed by atoms with Gasteiger partial charge in [-0.25, -0.2) is 0 Å². The Kier molecular flexibility index (Phi) is 1.75. The van der Waals surface area contributed by atoms with Crippen LogP contribution in [0.25, 0.3) is 0 Å². The van der Waals surface area contributed by atoms with Crippen molar-refractivity contribution in [2.75, 3.05) is 7.05 Å². The van der Waals surface area contributed by atoms with Gasteiger partial charge in [0.2, 0.25) is 0 Å². The number of nitrogens with one attached hydrogen (secondary N) is 2. The summed E-state index contributed by atoms with van der Waals surface area (Å²) in [7, 11) is 1.86. The van der Waals surface area contributed by atoms with Gasteiger partial charge in [-0.3, -0.25) is 0 Å². The first-order valence-corrected chi connectivity index (χ1v) is 2.84. The second-order valence-corrected chi connectivity index (χ2v) is 1.90. The van der Waals surface area contributed by atoms with Crippen molar-refractivity contribution in [2.45, 2.75) is 6.54 Å². The van der Waals surface area contributed by atoms with Crippen molar-refractivity contribution in [3.05, 3.63) is 17.8 Å². The van der Waals surface area contributed by atoms with Crippen LogP contribution in [0.3, 0.4) is 0 Å². The van der Waals surface area contributed by atoms with E-state index in [4.69, 9.17) is 5.11 Å². The summed E-state index contributed by atoms with van der Waals surface area (Å²) in [5, 5.41) is 11.8. The summed E-state index contributed by atoms with van der Waals surface area (Å²) < 4.78 is 0. The van der Waals surface area contributed by atoms with Crippen LogP contribution in [-0.2, 0) is 6.54 Å². The Balaban J connectivity index is 2.61. The van der Waals surface area contributed by atoms with Crippen LogP contribution in [0.15, 0.2) is 12.1 Å². The lowest BCUT2D eigenvalue weighted by Gasteiger charge is -1.91. The molecule has 0 saturated heterocycles. The summed E-state index contributed by atoms with van der Waals surface area (Å²) in [6, 6.07) is 3.47. The summed E-state index contributed by atoms with van der Waals surface area (Å²) in [4.78, 5) is 2.77. The van der Waals surface area contributed by atoms with E-state index in [1.807, 2.05) is 13.1 Å². The summed E-state index contributed by atoms with van der Waals surface area (Å²) in [5.74, 6) is 0.222. The molecule has 50 valence electrons. The van der Waals surface area contributed by atoms with Crippen molar-refractivity contribution in [3.8, 4) is 5.88 Å². The third-order valence-electron chi connectivity index (χ3n) is 1.10. The zero-order chi connectivity index (χ0) is 6.69. The average Bonchev–Trinajstić information content (AvgIpc) is 2.17. The first-order valence-electron chi connectivity index (χ1n) is 2.84. The number of rotatable bonds is 2. The fourth-order valence-corrected chi connectivity index (χ4v) is 0.721. The van der Waals surface area contributed by atoms with Gasteiger partial charge in [-0.1, -0.05) is 0 Å². The molecular formula is C6H10N2O. The maximum atomic E-state index is 8.80. The predicted octanol–water partition coefficient (Wildman–Crippen LogP) is 0.440. The van der Waals surface area contributed by atoms with Crippen LogP contribution in [0.5, 0.6) is 5.88 Å². The Morgan fingerprint density at radius 1 is 1.67 bits per heavy atom. The van der Waals surface area contributed by atoms with Gasteiger partial charge in [-0.05, 0) is 19.2 Å². The molecule has 0 aromatic carbocycles. The van der Waals surface area contributed by atoms with E-state index in [0.717, 1.165) is 12.2 Å². The van der Waals surface area contributed by atoms with Gasteiger partial charge in [0.1, 0.15) is 0 Å². The number of aromatic nitrogens is 1. The number of aromatic hydroxyl groups is 1. The van der Waals surface area contributed by atoms with Crippen molar-refractivity contribution in [2.24, 2.45) is 0 Å². The van der Waals surface area contributed by atoms with Gasteiger partial charge >= 0.3 is 0 Å². The normalized spacial score (nSPS) is 9.89. The van der Waals surface area contributed by atoms with Crippen LogP contribution in [-0.4, -0.2) is 17.1 Å². The molecule has 1 rings (SSSR count). The lowest BCUT2D eigenvalue weighted by atomic mass is 10.4. The molecule has 0 saturated carbocycles. The van der Waals surface area contributed by atoms with E-state index in [1.165, 1.54) is 0 Å². The minimum Gasteiger partial charge on any atom is -0.495 e. The first kappa shape index (κ1) is 6.16. The second kappa shape index (κ2) is 2.55. The third-order valence-corrected chi connectivity index (χ3v) is 1.10. The maximum absolute atomic E-state index is 8.80. The third kappa shape index (κ3) is 1.47. The highest BCUT2D eigenvalue weighted by molar-refractivity contribution is 5.15. The SMILES string of the molecule is CNCc1ccc(O)[nH]1. The molecule has 1 aromatic rings. The highest BCUT2D eigenvalue weighted by Crippen LogP contribution is 2.05. The molecular weight excluding hydrogens is 116 g/mol. The molecule has 1 heterocycles. The van der Waals surface area contributed by atoms with Gasteiger partial charge in [0, 0.05) is 12.2 Å². The van der Waals surface area contributed by atoms with E-state index in [1.54, 1.807) is 6.07 Å².